The third-order valence-corrected chi connectivity index (χ3v) is 3.22. The molecule has 0 saturated carbocycles. The van der Waals surface area contributed by atoms with Crippen LogP contribution in [0.4, 0.5) is 0 Å². The Morgan fingerprint density at radius 2 is 1.11 bits per heavy atom. The van der Waals surface area contributed by atoms with Gasteiger partial charge in [-0.2, -0.15) is 0 Å². The highest BCUT2D eigenvalue weighted by molar-refractivity contribution is 5.76. The molecule has 0 aliphatic heterocycles. The van der Waals surface area contributed by atoms with Gasteiger partial charge in [0.15, 0.2) is 0 Å². The lowest BCUT2D eigenvalue weighted by molar-refractivity contribution is -0.122. The molecule has 0 saturated heterocycles. The van der Waals surface area contributed by atoms with Crippen LogP contribution in [0.1, 0.15) is 66.2 Å². The van der Waals surface area contributed by atoms with Crippen molar-refractivity contribution in [3.63, 3.8) is 0 Å². The van der Waals surface area contributed by atoms with E-state index in [0.29, 0.717) is 12.8 Å². The summed E-state index contributed by atoms with van der Waals surface area (Å²) in [5.41, 5.74) is 0. The van der Waals surface area contributed by atoms with Gasteiger partial charge in [0, 0.05) is 24.9 Å². The van der Waals surface area contributed by atoms with Crippen LogP contribution in [0.3, 0.4) is 0 Å². The molecule has 0 unspecified atom stereocenters. The van der Waals surface area contributed by atoms with E-state index in [0.717, 1.165) is 25.7 Å². The first-order valence-corrected chi connectivity index (χ1v) is 7.15. The van der Waals surface area contributed by atoms with E-state index in [4.69, 9.17) is 0 Å². The first-order valence-electron chi connectivity index (χ1n) is 7.15. The summed E-state index contributed by atoms with van der Waals surface area (Å²) in [7, 11) is 0. The molecule has 0 aromatic carbocycles. The second-order valence-electron chi connectivity index (χ2n) is 4.63. The van der Waals surface area contributed by atoms with Crippen molar-refractivity contribution in [1.82, 2.24) is 10.6 Å². The van der Waals surface area contributed by atoms with E-state index in [-0.39, 0.29) is 23.9 Å². The fourth-order valence-electron chi connectivity index (χ4n) is 1.82. The van der Waals surface area contributed by atoms with Gasteiger partial charge in [-0.1, -0.05) is 27.7 Å². The summed E-state index contributed by atoms with van der Waals surface area (Å²) < 4.78 is 0. The largest absolute Gasteiger partial charge is 0.353 e. The zero-order chi connectivity index (χ0) is 14.0. The normalized spacial score (nSPS) is 13.8. The molecule has 2 atom stereocenters. The number of carbonyl (C=O) groups excluding carboxylic acids is 2. The molecule has 18 heavy (non-hydrogen) atoms. The summed E-state index contributed by atoms with van der Waals surface area (Å²) in [4.78, 5) is 22.7. The van der Waals surface area contributed by atoms with Crippen molar-refractivity contribution in [2.75, 3.05) is 0 Å². The van der Waals surface area contributed by atoms with Crippen LogP contribution in [0.15, 0.2) is 0 Å². The predicted molar refractivity (Wildman–Crippen MR) is 74.3 cm³/mol. The average molecular weight is 256 g/mol. The Hall–Kier alpha value is -1.06. The molecule has 0 aromatic heterocycles. The van der Waals surface area contributed by atoms with Crippen LogP contribution in [0.25, 0.3) is 0 Å². The van der Waals surface area contributed by atoms with Gasteiger partial charge in [0.1, 0.15) is 0 Å². The summed E-state index contributed by atoms with van der Waals surface area (Å²) >= 11 is 0. The zero-order valence-electron chi connectivity index (χ0n) is 12.2. The third-order valence-electron chi connectivity index (χ3n) is 3.22. The molecular formula is C14H28N2O2. The minimum atomic E-state index is 0.104. The van der Waals surface area contributed by atoms with Crippen molar-refractivity contribution in [1.29, 1.82) is 0 Å². The number of rotatable bonds is 9. The van der Waals surface area contributed by atoms with E-state index in [1.54, 1.807) is 0 Å². The number of amides is 2. The summed E-state index contributed by atoms with van der Waals surface area (Å²) in [6.45, 7) is 7.87. The molecule has 0 aromatic rings. The number of hydrogen-bond acceptors (Lipinski definition) is 2. The first kappa shape index (κ1) is 16.9. The molecule has 0 bridgehead atoms. The fraction of sp³-hybridized carbons (Fsp3) is 0.857. The van der Waals surface area contributed by atoms with Gasteiger partial charge in [-0.25, -0.2) is 0 Å². The van der Waals surface area contributed by atoms with Gasteiger partial charge in [-0.05, 0) is 25.7 Å². The molecule has 2 amide bonds. The van der Waals surface area contributed by atoms with Gasteiger partial charge in [0.2, 0.25) is 11.8 Å². The standard InChI is InChI=1S/C14H28N2O2/c1-5-11(15-13(17)7-3)9-10-12(6-2)16-14(18)8-4/h11-12H,5-10H2,1-4H3,(H,15,17)(H,16,18)/t11-,12-/m1/s1. The van der Waals surface area contributed by atoms with Crippen molar-refractivity contribution in [3.8, 4) is 0 Å². The van der Waals surface area contributed by atoms with Crippen LogP contribution in [-0.4, -0.2) is 23.9 Å². The molecule has 0 spiro atoms. The average Bonchev–Trinajstić information content (AvgIpc) is 2.40. The van der Waals surface area contributed by atoms with Crippen molar-refractivity contribution in [3.05, 3.63) is 0 Å². The van der Waals surface area contributed by atoms with Crippen molar-refractivity contribution in [2.45, 2.75) is 78.3 Å². The first-order chi connectivity index (χ1) is 8.57. The van der Waals surface area contributed by atoms with Crippen LogP contribution >= 0.6 is 0 Å². The third kappa shape index (κ3) is 7.30. The smallest absolute Gasteiger partial charge is 0.219 e. The maximum atomic E-state index is 11.3. The van der Waals surface area contributed by atoms with E-state index in [2.05, 4.69) is 24.5 Å². The maximum absolute atomic E-state index is 11.3. The second-order valence-corrected chi connectivity index (χ2v) is 4.63. The lowest BCUT2D eigenvalue weighted by Crippen LogP contribution is -2.38. The quantitative estimate of drug-likeness (QED) is 0.665. The molecular weight excluding hydrogens is 228 g/mol. The lowest BCUT2D eigenvalue weighted by Gasteiger charge is -2.21. The Bertz CT molecular complexity index is 228. The summed E-state index contributed by atoms with van der Waals surface area (Å²) in [5.74, 6) is 0.208. The van der Waals surface area contributed by atoms with Crippen LogP contribution < -0.4 is 10.6 Å². The highest BCUT2D eigenvalue weighted by Crippen LogP contribution is 2.08. The molecule has 0 heterocycles. The van der Waals surface area contributed by atoms with E-state index in [1.165, 1.54) is 0 Å². The van der Waals surface area contributed by atoms with E-state index >= 15 is 0 Å². The molecule has 0 fully saturated rings. The van der Waals surface area contributed by atoms with E-state index in [9.17, 15) is 9.59 Å². The van der Waals surface area contributed by atoms with E-state index < -0.39 is 0 Å². The summed E-state index contributed by atoms with van der Waals surface area (Å²) in [6, 6.07) is 0.454. The fourth-order valence-corrected chi connectivity index (χ4v) is 1.82. The minimum Gasteiger partial charge on any atom is -0.353 e. The maximum Gasteiger partial charge on any atom is 0.219 e. The Kier molecular flexibility index (Phi) is 9.33. The number of hydrogen-bond donors (Lipinski definition) is 2. The van der Waals surface area contributed by atoms with Crippen LogP contribution in [-0.2, 0) is 9.59 Å². The van der Waals surface area contributed by atoms with Crippen LogP contribution in [0, 0.1) is 0 Å². The minimum absolute atomic E-state index is 0.104. The predicted octanol–water partition coefficient (Wildman–Crippen LogP) is 2.38. The Labute approximate surface area is 111 Å². The molecule has 4 heteroatoms. The topological polar surface area (TPSA) is 58.2 Å². The summed E-state index contributed by atoms with van der Waals surface area (Å²) in [5, 5.41) is 6.02. The second kappa shape index (κ2) is 9.92. The van der Waals surface area contributed by atoms with Crippen molar-refractivity contribution < 1.29 is 9.59 Å². The zero-order valence-corrected chi connectivity index (χ0v) is 12.2. The Morgan fingerprint density at radius 1 is 0.778 bits per heavy atom. The number of nitrogens with one attached hydrogen (secondary N) is 2. The molecule has 0 radical (unpaired) electrons. The summed E-state index contributed by atoms with van der Waals surface area (Å²) in [6.07, 6.45) is 4.77. The highest BCUT2D eigenvalue weighted by atomic mass is 16.2. The Balaban J connectivity index is 4.07. The van der Waals surface area contributed by atoms with Gasteiger partial charge in [-0.15, -0.1) is 0 Å². The van der Waals surface area contributed by atoms with E-state index in [1.807, 2.05) is 13.8 Å². The molecule has 0 aliphatic carbocycles. The van der Waals surface area contributed by atoms with Crippen molar-refractivity contribution in [2.24, 2.45) is 0 Å². The molecule has 0 aliphatic rings. The molecule has 4 nitrogen and oxygen atoms in total. The molecule has 2 N–H and O–H groups in total. The van der Waals surface area contributed by atoms with Gasteiger partial charge in [-0.3, -0.25) is 9.59 Å². The van der Waals surface area contributed by atoms with Crippen LogP contribution in [0.5, 0.6) is 0 Å². The highest BCUT2D eigenvalue weighted by Gasteiger charge is 2.13. The van der Waals surface area contributed by atoms with Crippen molar-refractivity contribution >= 4 is 11.8 Å². The van der Waals surface area contributed by atoms with Crippen LogP contribution in [0.2, 0.25) is 0 Å². The van der Waals surface area contributed by atoms with Gasteiger partial charge in [0.25, 0.3) is 0 Å². The Morgan fingerprint density at radius 3 is 1.33 bits per heavy atom. The number of carbonyl (C=O) groups is 2. The molecule has 106 valence electrons. The van der Waals surface area contributed by atoms with Gasteiger partial charge in [0.05, 0.1) is 0 Å². The SMILES string of the molecule is CCC(=O)N[C@H](CC)CC[C@@H](CC)NC(=O)CC. The molecule has 0 rings (SSSR count). The van der Waals surface area contributed by atoms with Gasteiger partial charge >= 0.3 is 0 Å². The lowest BCUT2D eigenvalue weighted by atomic mass is 10.0. The monoisotopic (exact) mass is 256 g/mol. The van der Waals surface area contributed by atoms with Gasteiger partial charge < -0.3 is 10.6 Å².